The van der Waals surface area contributed by atoms with Gasteiger partial charge >= 0.3 is 0 Å². The van der Waals surface area contributed by atoms with Gasteiger partial charge in [-0.3, -0.25) is 9.59 Å². The summed E-state index contributed by atoms with van der Waals surface area (Å²) in [5, 5.41) is 6.80. The van der Waals surface area contributed by atoms with E-state index < -0.39 is 0 Å². The number of ether oxygens (including phenoxy) is 1. The Morgan fingerprint density at radius 2 is 1.87 bits per heavy atom. The van der Waals surface area contributed by atoms with E-state index in [-0.39, 0.29) is 17.9 Å². The van der Waals surface area contributed by atoms with Crippen LogP contribution in [0.5, 0.6) is 5.75 Å². The second-order valence-electron chi connectivity index (χ2n) is 6.76. The standard InChI is InChI=1S/C23H23ClN2O3S/c1-4-29-17-9-7-8-16(13-17)15(3)25-23(28)21-14(2)12-20(30-21)26-22(27)18-10-5-6-11-19(18)24/h5-13,15H,4H2,1-3H3,(H,25,28)(H,26,27). The Labute approximate surface area is 185 Å². The first-order chi connectivity index (χ1) is 14.4. The fraction of sp³-hybridized carbons (Fsp3) is 0.217. The molecule has 2 N–H and O–H groups in total. The van der Waals surface area contributed by atoms with Crippen molar-refractivity contribution in [3.05, 3.63) is 81.2 Å². The molecule has 0 saturated heterocycles. The summed E-state index contributed by atoms with van der Waals surface area (Å²) >= 11 is 7.32. The van der Waals surface area contributed by atoms with Crippen LogP contribution in [0.15, 0.2) is 54.6 Å². The lowest BCUT2D eigenvalue weighted by atomic mass is 10.1. The largest absolute Gasteiger partial charge is 0.494 e. The SMILES string of the molecule is CCOc1cccc(C(C)NC(=O)c2sc(NC(=O)c3ccccc3Cl)cc2C)c1. The molecule has 0 spiro atoms. The third-order valence-corrected chi connectivity index (χ3v) is 5.98. The van der Waals surface area contributed by atoms with Crippen LogP contribution in [0.1, 0.15) is 51.0 Å². The average molecular weight is 443 g/mol. The number of carbonyl (C=O) groups excluding carboxylic acids is 2. The predicted octanol–water partition coefficient (Wildman–Crippen LogP) is 5.85. The maximum Gasteiger partial charge on any atom is 0.262 e. The first kappa shape index (κ1) is 21.9. The van der Waals surface area contributed by atoms with Gasteiger partial charge in [0.2, 0.25) is 0 Å². The summed E-state index contributed by atoms with van der Waals surface area (Å²) < 4.78 is 5.53. The molecule has 1 heterocycles. The van der Waals surface area contributed by atoms with Crippen molar-refractivity contribution in [1.29, 1.82) is 0 Å². The van der Waals surface area contributed by atoms with Gasteiger partial charge in [-0.05, 0) is 62.2 Å². The number of aryl methyl sites for hydroxylation is 1. The summed E-state index contributed by atoms with van der Waals surface area (Å²) in [6.07, 6.45) is 0. The van der Waals surface area contributed by atoms with Gasteiger partial charge in [0.15, 0.2) is 0 Å². The molecule has 7 heteroatoms. The Hall–Kier alpha value is -2.83. The minimum Gasteiger partial charge on any atom is -0.494 e. The van der Waals surface area contributed by atoms with Crippen LogP contribution in [-0.2, 0) is 0 Å². The second kappa shape index (κ2) is 9.78. The van der Waals surface area contributed by atoms with Crippen LogP contribution in [0.4, 0.5) is 5.00 Å². The van der Waals surface area contributed by atoms with Crippen molar-refractivity contribution in [2.45, 2.75) is 26.8 Å². The van der Waals surface area contributed by atoms with Crippen molar-refractivity contribution >= 4 is 39.8 Å². The number of anilines is 1. The normalized spacial score (nSPS) is 11.6. The lowest BCUT2D eigenvalue weighted by Crippen LogP contribution is -2.26. The summed E-state index contributed by atoms with van der Waals surface area (Å²) in [5.74, 6) is 0.271. The number of rotatable bonds is 7. The van der Waals surface area contributed by atoms with Gasteiger partial charge in [0.25, 0.3) is 11.8 Å². The van der Waals surface area contributed by atoms with E-state index in [4.69, 9.17) is 16.3 Å². The van der Waals surface area contributed by atoms with E-state index in [1.54, 1.807) is 30.3 Å². The molecule has 0 aliphatic heterocycles. The highest BCUT2D eigenvalue weighted by Crippen LogP contribution is 2.29. The highest BCUT2D eigenvalue weighted by molar-refractivity contribution is 7.18. The zero-order valence-electron chi connectivity index (χ0n) is 17.0. The Bertz CT molecular complexity index is 1060. The van der Waals surface area contributed by atoms with Crippen molar-refractivity contribution in [3.63, 3.8) is 0 Å². The molecule has 2 aromatic carbocycles. The molecule has 30 heavy (non-hydrogen) atoms. The Morgan fingerprint density at radius 1 is 1.10 bits per heavy atom. The number of benzene rings is 2. The van der Waals surface area contributed by atoms with Crippen LogP contribution < -0.4 is 15.4 Å². The summed E-state index contributed by atoms with van der Waals surface area (Å²) in [5.41, 5.74) is 2.14. The molecule has 0 radical (unpaired) electrons. The molecular weight excluding hydrogens is 420 g/mol. The van der Waals surface area contributed by atoms with Gasteiger partial charge in [0, 0.05) is 0 Å². The number of hydrogen-bond donors (Lipinski definition) is 2. The van der Waals surface area contributed by atoms with Crippen molar-refractivity contribution in [3.8, 4) is 5.75 Å². The van der Waals surface area contributed by atoms with Crippen LogP contribution in [0, 0.1) is 6.92 Å². The molecule has 0 saturated carbocycles. The summed E-state index contributed by atoms with van der Waals surface area (Å²) in [7, 11) is 0. The molecule has 0 aliphatic carbocycles. The monoisotopic (exact) mass is 442 g/mol. The maximum atomic E-state index is 12.8. The Morgan fingerprint density at radius 3 is 2.60 bits per heavy atom. The first-order valence-corrected chi connectivity index (χ1v) is 10.8. The minimum absolute atomic E-state index is 0.190. The number of carbonyl (C=O) groups is 2. The zero-order chi connectivity index (χ0) is 21.7. The number of amides is 2. The number of hydrogen-bond acceptors (Lipinski definition) is 4. The molecule has 1 unspecified atom stereocenters. The molecule has 0 bridgehead atoms. The predicted molar refractivity (Wildman–Crippen MR) is 122 cm³/mol. The number of nitrogens with one attached hydrogen (secondary N) is 2. The van der Waals surface area contributed by atoms with Gasteiger partial charge in [-0.2, -0.15) is 0 Å². The molecule has 3 aromatic rings. The Balaban J connectivity index is 1.70. The van der Waals surface area contributed by atoms with Gasteiger partial charge in [0.05, 0.1) is 33.1 Å². The van der Waals surface area contributed by atoms with Gasteiger partial charge in [-0.15, -0.1) is 11.3 Å². The van der Waals surface area contributed by atoms with Crippen molar-refractivity contribution < 1.29 is 14.3 Å². The van der Waals surface area contributed by atoms with Crippen LogP contribution in [0.3, 0.4) is 0 Å². The van der Waals surface area contributed by atoms with Gasteiger partial charge in [0.1, 0.15) is 5.75 Å². The third kappa shape index (κ3) is 5.20. The highest BCUT2D eigenvalue weighted by Gasteiger charge is 2.18. The van der Waals surface area contributed by atoms with E-state index in [0.717, 1.165) is 16.9 Å². The van der Waals surface area contributed by atoms with E-state index in [2.05, 4.69) is 10.6 Å². The Kier molecular flexibility index (Phi) is 7.13. The smallest absolute Gasteiger partial charge is 0.262 e. The number of thiophene rings is 1. The van der Waals surface area contributed by atoms with E-state index in [9.17, 15) is 9.59 Å². The van der Waals surface area contributed by atoms with Crippen LogP contribution in [0.2, 0.25) is 5.02 Å². The van der Waals surface area contributed by atoms with Crippen LogP contribution >= 0.6 is 22.9 Å². The molecular formula is C23H23ClN2O3S. The molecule has 1 aromatic heterocycles. The topological polar surface area (TPSA) is 67.4 Å². The second-order valence-corrected chi connectivity index (χ2v) is 8.22. The van der Waals surface area contributed by atoms with Crippen LogP contribution in [-0.4, -0.2) is 18.4 Å². The highest BCUT2D eigenvalue weighted by atomic mass is 35.5. The number of halogens is 1. The molecule has 0 aliphatic rings. The van der Waals surface area contributed by atoms with E-state index in [1.807, 2.05) is 45.0 Å². The van der Waals surface area contributed by atoms with Gasteiger partial charge < -0.3 is 15.4 Å². The third-order valence-electron chi connectivity index (χ3n) is 4.50. The van der Waals surface area contributed by atoms with Crippen LogP contribution in [0.25, 0.3) is 0 Å². The average Bonchev–Trinajstić information content (AvgIpc) is 3.08. The fourth-order valence-electron chi connectivity index (χ4n) is 2.98. The molecule has 0 fully saturated rings. The molecule has 5 nitrogen and oxygen atoms in total. The quantitative estimate of drug-likeness (QED) is 0.482. The first-order valence-electron chi connectivity index (χ1n) is 9.59. The summed E-state index contributed by atoms with van der Waals surface area (Å²) in [6, 6.07) is 16.1. The zero-order valence-corrected chi connectivity index (χ0v) is 18.6. The molecule has 1 atom stereocenters. The molecule has 3 rings (SSSR count). The van der Waals surface area contributed by atoms with E-state index in [0.29, 0.717) is 27.1 Å². The van der Waals surface area contributed by atoms with Gasteiger partial charge in [-0.25, -0.2) is 0 Å². The van der Waals surface area contributed by atoms with Crippen molar-refractivity contribution in [1.82, 2.24) is 5.32 Å². The minimum atomic E-state index is -0.310. The van der Waals surface area contributed by atoms with Crippen molar-refractivity contribution in [2.24, 2.45) is 0 Å². The maximum absolute atomic E-state index is 12.8. The molecule has 2 amide bonds. The molecule has 156 valence electrons. The summed E-state index contributed by atoms with van der Waals surface area (Å²) in [4.78, 5) is 25.8. The van der Waals surface area contributed by atoms with E-state index in [1.165, 1.54) is 11.3 Å². The van der Waals surface area contributed by atoms with Crippen molar-refractivity contribution in [2.75, 3.05) is 11.9 Å². The van der Waals surface area contributed by atoms with Gasteiger partial charge in [-0.1, -0.05) is 35.9 Å². The summed E-state index contributed by atoms with van der Waals surface area (Å²) in [6.45, 7) is 6.28. The fourth-order valence-corrected chi connectivity index (χ4v) is 4.17. The lowest BCUT2D eigenvalue weighted by molar-refractivity contribution is 0.0942. The van der Waals surface area contributed by atoms with E-state index >= 15 is 0 Å². The lowest BCUT2D eigenvalue weighted by Gasteiger charge is -2.15.